The molecule has 1 aromatic carbocycles. The lowest BCUT2D eigenvalue weighted by Crippen LogP contribution is -1.96. The Morgan fingerprint density at radius 1 is 1.31 bits per heavy atom. The van der Waals surface area contributed by atoms with Gasteiger partial charge in [0, 0.05) is 0 Å². The molecule has 0 bridgehead atoms. The molecule has 90 valence electrons. The molecule has 4 heteroatoms. The second kappa shape index (κ2) is 8.73. The SMILES string of the molecule is CCCCCN.O=C(O)c1ccccc1O. The summed E-state index contributed by atoms with van der Waals surface area (Å²) < 4.78 is 0. The summed E-state index contributed by atoms with van der Waals surface area (Å²) in [4.78, 5) is 10.3. The summed E-state index contributed by atoms with van der Waals surface area (Å²) in [5, 5.41) is 17.3. The molecule has 0 saturated heterocycles. The predicted molar refractivity (Wildman–Crippen MR) is 63.6 cm³/mol. The van der Waals surface area contributed by atoms with E-state index >= 15 is 0 Å². The van der Waals surface area contributed by atoms with Crippen LogP contribution in [0.15, 0.2) is 24.3 Å². The fourth-order valence-corrected chi connectivity index (χ4v) is 1.05. The van der Waals surface area contributed by atoms with Gasteiger partial charge in [-0.1, -0.05) is 31.9 Å². The van der Waals surface area contributed by atoms with Crippen molar-refractivity contribution < 1.29 is 15.0 Å². The third kappa shape index (κ3) is 6.03. The Kier molecular flexibility index (Phi) is 7.89. The van der Waals surface area contributed by atoms with Gasteiger partial charge in [0.25, 0.3) is 0 Å². The monoisotopic (exact) mass is 225 g/mol. The van der Waals surface area contributed by atoms with E-state index in [9.17, 15) is 4.79 Å². The van der Waals surface area contributed by atoms with Gasteiger partial charge >= 0.3 is 5.97 Å². The molecule has 1 rings (SSSR count). The molecule has 0 aliphatic carbocycles. The van der Waals surface area contributed by atoms with Crippen LogP contribution in [0.25, 0.3) is 0 Å². The van der Waals surface area contributed by atoms with Gasteiger partial charge in [-0.15, -0.1) is 0 Å². The van der Waals surface area contributed by atoms with Crippen LogP contribution >= 0.6 is 0 Å². The van der Waals surface area contributed by atoms with Gasteiger partial charge in [0.15, 0.2) is 0 Å². The summed E-state index contributed by atoms with van der Waals surface area (Å²) >= 11 is 0. The normalized spacial score (nSPS) is 9.12. The molecule has 4 nitrogen and oxygen atoms in total. The summed E-state index contributed by atoms with van der Waals surface area (Å²) in [6.45, 7) is 3.03. The maximum Gasteiger partial charge on any atom is 0.339 e. The summed E-state index contributed by atoms with van der Waals surface area (Å²) in [5.74, 6) is -1.31. The number of benzene rings is 1. The fourth-order valence-electron chi connectivity index (χ4n) is 1.05. The summed E-state index contributed by atoms with van der Waals surface area (Å²) in [6, 6.07) is 5.81. The van der Waals surface area contributed by atoms with E-state index in [-0.39, 0.29) is 11.3 Å². The maximum atomic E-state index is 10.3. The third-order valence-corrected chi connectivity index (χ3v) is 1.94. The number of carboxylic acids is 1. The summed E-state index contributed by atoms with van der Waals surface area (Å²) in [7, 11) is 0. The zero-order valence-corrected chi connectivity index (χ0v) is 9.52. The average Bonchev–Trinajstić information content (AvgIpc) is 2.27. The maximum absolute atomic E-state index is 10.3. The molecule has 0 aromatic heterocycles. The molecule has 0 heterocycles. The van der Waals surface area contributed by atoms with Gasteiger partial charge in [-0.3, -0.25) is 0 Å². The molecule has 0 spiro atoms. The minimum absolute atomic E-state index is 0.0671. The van der Waals surface area contributed by atoms with Gasteiger partial charge < -0.3 is 15.9 Å². The lowest BCUT2D eigenvalue weighted by Gasteiger charge is -1.95. The van der Waals surface area contributed by atoms with Crippen molar-refractivity contribution in [3.05, 3.63) is 29.8 Å². The number of rotatable bonds is 4. The average molecular weight is 225 g/mol. The molecule has 0 fully saturated rings. The van der Waals surface area contributed by atoms with E-state index in [1.165, 1.54) is 31.4 Å². The highest BCUT2D eigenvalue weighted by atomic mass is 16.4. The molecule has 0 unspecified atom stereocenters. The van der Waals surface area contributed by atoms with Crippen LogP contribution in [-0.4, -0.2) is 22.7 Å². The highest BCUT2D eigenvalue weighted by molar-refractivity contribution is 5.90. The molecule has 4 N–H and O–H groups in total. The highest BCUT2D eigenvalue weighted by Crippen LogP contribution is 2.14. The number of aromatic hydroxyl groups is 1. The number of nitrogens with two attached hydrogens (primary N) is 1. The Morgan fingerprint density at radius 3 is 2.25 bits per heavy atom. The molecule has 0 atom stereocenters. The van der Waals surface area contributed by atoms with Crippen LogP contribution in [-0.2, 0) is 0 Å². The number of hydrogen-bond donors (Lipinski definition) is 3. The molecule has 0 aliphatic rings. The van der Waals surface area contributed by atoms with Crippen molar-refractivity contribution in [2.24, 2.45) is 5.73 Å². The number of aromatic carboxylic acids is 1. The molecular weight excluding hydrogens is 206 g/mol. The molecule has 1 aromatic rings. The first kappa shape index (κ1) is 14.5. The van der Waals surface area contributed by atoms with Crippen LogP contribution in [0.5, 0.6) is 5.75 Å². The Hall–Kier alpha value is -1.55. The van der Waals surface area contributed by atoms with Crippen molar-refractivity contribution in [1.82, 2.24) is 0 Å². The molecule has 16 heavy (non-hydrogen) atoms. The van der Waals surface area contributed by atoms with Crippen molar-refractivity contribution in [1.29, 1.82) is 0 Å². The second-order valence-corrected chi connectivity index (χ2v) is 3.32. The largest absolute Gasteiger partial charge is 0.507 e. The van der Waals surface area contributed by atoms with Crippen LogP contribution in [0, 0.1) is 0 Å². The van der Waals surface area contributed by atoms with Crippen molar-refractivity contribution in [3.8, 4) is 5.75 Å². The quantitative estimate of drug-likeness (QED) is 0.686. The van der Waals surface area contributed by atoms with Gasteiger partial charge in [0.1, 0.15) is 11.3 Å². The number of phenols is 1. The van der Waals surface area contributed by atoms with E-state index in [1.807, 2.05) is 0 Å². The first-order chi connectivity index (χ1) is 7.63. The first-order valence-corrected chi connectivity index (χ1v) is 5.34. The lowest BCUT2D eigenvalue weighted by molar-refractivity contribution is 0.0694. The number of carboxylic acid groups (broad SMARTS) is 1. The van der Waals surface area contributed by atoms with E-state index in [0.717, 1.165) is 6.54 Å². The number of para-hydroxylation sites is 1. The summed E-state index contributed by atoms with van der Waals surface area (Å²) in [5.41, 5.74) is 5.15. The number of carbonyl (C=O) groups is 1. The lowest BCUT2D eigenvalue weighted by atomic mass is 10.2. The van der Waals surface area contributed by atoms with Crippen molar-refractivity contribution in [3.63, 3.8) is 0 Å². The van der Waals surface area contributed by atoms with Crippen LogP contribution in [0.1, 0.15) is 36.5 Å². The highest BCUT2D eigenvalue weighted by Gasteiger charge is 2.05. The van der Waals surface area contributed by atoms with Crippen molar-refractivity contribution in [2.75, 3.05) is 6.54 Å². The Balaban J connectivity index is 0.000000325. The first-order valence-electron chi connectivity index (χ1n) is 5.34. The Morgan fingerprint density at radius 2 is 1.94 bits per heavy atom. The van der Waals surface area contributed by atoms with Crippen molar-refractivity contribution >= 4 is 5.97 Å². The van der Waals surface area contributed by atoms with Crippen LogP contribution in [0.4, 0.5) is 0 Å². The van der Waals surface area contributed by atoms with E-state index in [1.54, 1.807) is 12.1 Å². The second-order valence-electron chi connectivity index (χ2n) is 3.32. The standard InChI is InChI=1S/C7H6O3.C5H13N/c8-6-4-2-1-3-5(6)7(9)10;1-2-3-4-5-6/h1-4,8H,(H,9,10);2-6H2,1H3. The van der Waals surface area contributed by atoms with E-state index < -0.39 is 5.97 Å². The molecule has 0 radical (unpaired) electrons. The molecule has 0 saturated carbocycles. The predicted octanol–water partition coefficient (Wildman–Crippen LogP) is 2.23. The van der Waals surface area contributed by atoms with Gasteiger partial charge in [-0.2, -0.15) is 0 Å². The van der Waals surface area contributed by atoms with E-state index in [0.29, 0.717) is 0 Å². The Labute approximate surface area is 95.7 Å². The number of unbranched alkanes of at least 4 members (excludes halogenated alkanes) is 2. The fraction of sp³-hybridized carbons (Fsp3) is 0.417. The van der Waals surface area contributed by atoms with Gasteiger partial charge in [0.05, 0.1) is 0 Å². The Bertz CT molecular complexity index is 309. The molecular formula is C12H19NO3. The smallest absolute Gasteiger partial charge is 0.339 e. The van der Waals surface area contributed by atoms with Crippen LogP contribution in [0.2, 0.25) is 0 Å². The van der Waals surface area contributed by atoms with E-state index in [2.05, 4.69) is 6.92 Å². The zero-order valence-electron chi connectivity index (χ0n) is 9.52. The minimum atomic E-state index is -1.11. The van der Waals surface area contributed by atoms with Gasteiger partial charge in [-0.25, -0.2) is 4.79 Å². The van der Waals surface area contributed by atoms with E-state index in [4.69, 9.17) is 15.9 Å². The van der Waals surface area contributed by atoms with Gasteiger partial charge in [-0.05, 0) is 25.1 Å². The molecule has 0 amide bonds. The van der Waals surface area contributed by atoms with Crippen LogP contribution < -0.4 is 5.73 Å². The molecule has 0 aliphatic heterocycles. The summed E-state index contributed by atoms with van der Waals surface area (Å²) in [6.07, 6.45) is 3.75. The third-order valence-electron chi connectivity index (χ3n) is 1.94. The topological polar surface area (TPSA) is 83.6 Å². The van der Waals surface area contributed by atoms with Crippen LogP contribution in [0.3, 0.4) is 0 Å². The van der Waals surface area contributed by atoms with Crippen molar-refractivity contribution in [2.45, 2.75) is 26.2 Å². The zero-order chi connectivity index (χ0) is 12.4. The number of hydrogen-bond acceptors (Lipinski definition) is 3. The van der Waals surface area contributed by atoms with Gasteiger partial charge in [0.2, 0.25) is 0 Å². The minimum Gasteiger partial charge on any atom is -0.507 e.